The average molecular weight is 276 g/mol. The number of carbonyl (C=O) groups is 1. The molecule has 1 atom stereocenters. The first kappa shape index (κ1) is 15.0. The number of nitrogens with two attached hydrogens (primary N) is 1. The van der Waals surface area contributed by atoms with E-state index in [1.54, 1.807) is 0 Å². The van der Waals surface area contributed by atoms with Crippen LogP contribution in [0.15, 0.2) is 30.3 Å². The maximum Gasteiger partial charge on any atom is 0.241 e. The van der Waals surface area contributed by atoms with Gasteiger partial charge in [0.05, 0.1) is 6.61 Å². The first-order chi connectivity index (χ1) is 9.67. The molecule has 0 bridgehead atoms. The molecule has 4 heteroatoms. The SMILES string of the molecule is N[C@H](C(=O)NCC1(CO)CCCCC1)c1ccccc1. The van der Waals surface area contributed by atoms with Crippen LogP contribution in [0.1, 0.15) is 43.7 Å². The first-order valence-corrected chi connectivity index (χ1v) is 7.36. The van der Waals surface area contributed by atoms with Crippen LogP contribution in [0.3, 0.4) is 0 Å². The molecule has 2 rings (SSSR count). The van der Waals surface area contributed by atoms with Crippen LogP contribution in [-0.4, -0.2) is 24.2 Å². The number of carbonyl (C=O) groups excluding carboxylic acids is 1. The van der Waals surface area contributed by atoms with Gasteiger partial charge in [-0.15, -0.1) is 0 Å². The minimum absolute atomic E-state index is 0.133. The Labute approximate surface area is 120 Å². The highest BCUT2D eigenvalue weighted by Crippen LogP contribution is 2.35. The van der Waals surface area contributed by atoms with Crippen LogP contribution in [0.4, 0.5) is 0 Å². The minimum atomic E-state index is -0.643. The van der Waals surface area contributed by atoms with Crippen molar-refractivity contribution in [3.8, 4) is 0 Å². The van der Waals surface area contributed by atoms with E-state index in [1.165, 1.54) is 6.42 Å². The van der Waals surface area contributed by atoms with Gasteiger partial charge in [-0.25, -0.2) is 0 Å². The van der Waals surface area contributed by atoms with E-state index in [-0.39, 0.29) is 17.9 Å². The Hall–Kier alpha value is -1.39. The number of aliphatic hydroxyl groups is 1. The number of aliphatic hydroxyl groups excluding tert-OH is 1. The predicted octanol–water partition coefficient (Wildman–Crippen LogP) is 1.75. The number of hydrogen-bond acceptors (Lipinski definition) is 3. The van der Waals surface area contributed by atoms with Crippen molar-refractivity contribution < 1.29 is 9.90 Å². The van der Waals surface area contributed by atoms with Gasteiger partial charge in [-0.2, -0.15) is 0 Å². The molecule has 0 unspecified atom stereocenters. The lowest BCUT2D eigenvalue weighted by atomic mass is 9.74. The van der Waals surface area contributed by atoms with Crippen LogP contribution >= 0.6 is 0 Å². The Bertz CT molecular complexity index is 427. The Morgan fingerprint density at radius 1 is 1.25 bits per heavy atom. The topological polar surface area (TPSA) is 75.4 Å². The summed E-state index contributed by atoms with van der Waals surface area (Å²) in [6, 6.07) is 8.71. The van der Waals surface area contributed by atoms with Gasteiger partial charge in [0.1, 0.15) is 6.04 Å². The van der Waals surface area contributed by atoms with Crippen molar-refractivity contribution in [3.05, 3.63) is 35.9 Å². The van der Waals surface area contributed by atoms with Crippen molar-refractivity contribution in [2.75, 3.05) is 13.2 Å². The molecule has 0 heterocycles. The molecule has 0 radical (unpaired) electrons. The van der Waals surface area contributed by atoms with E-state index in [0.29, 0.717) is 6.54 Å². The highest BCUT2D eigenvalue weighted by molar-refractivity contribution is 5.82. The Balaban J connectivity index is 1.91. The van der Waals surface area contributed by atoms with Crippen LogP contribution in [0.5, 0.6) is 0 Å². The quantitative estimate of drug-likeness (QED) is 0.767. The summed E-state index contributed by atoms with van der Waals surface area (Å²) in [5.41, 5.74) is 6.63. The zero-order chi connectivity index (χ0) is 14.4. The third kappa shape index (κ3) is 3.58. The molecule has 0 saturated heterocycles. The highest BCUT2D eigenvalue weighted by Gasteiger charge is 2.32. The lowest BCUT2D eigenvalue weighted by Crippen LogP contribution is -2.44. The molecular weight excluding hydrogens is 252 g/mol. The lowest BCUT2D eigenvalue weighted by molar-refractivity contribution is -0.123. The molecule has 0 aromatic heterocycles. The van der Waals surface area contributed by atoms with Crippen molar-refractivity contribution in [2.45, 2.75) is 38.1 Å². The van der Waals surface area contributed by atoms with E-state index in [2.05, 4.69) is 5.32 Å². The summed E-state index contributed by atoms with van der Waals surface area (Å²) in [5, 5.41) is 12.5. The van der Waals surface area contributed by atoms with Gasteiger partial charge in [0.15, 0.2) is 0 Å². The largest absolute Gasteiger partial charge is 0.396 e. The molecule has 1 aromatic carbocycles. The zero-order valence-corrected chi connectivity index (χ0v) is 11.8. The zero-order valence-electron chi connectivity index (χ0n) is 11.8. The van der Waals surface area contributed by atoms with Gasteiger partial charge in [0.25, 0.3) is 0 Å². The van der Waals surface area contributed by atoms with Gasteiger partial charge in [0, 0.05) is 12.0 Å². The van der Waals surface area contributed by atoms with E-state index >= 15 is 0 Å². The normalized spacial score (nSPS) is 19.3. The van der Waals surface area contributed by atoms with Gasteiger partial charge in [-0.05, 0) is 18.4 Å². The second kappa shape index (κ2) is 6.86. The van der Waals surface area contributed by atoms with E-state index in [0.717, 1.165) is 31.2 Å². The summed E-state index contributed by atoms with van der Waals surface area (Å²) in [6.07, 6.45) is 5.43. The molecule has 1 aliphatic carbocycles. The van der Waals surface area contributed by atoms with Gasteiger partial charge in [-0.1, -0.05) is 49.6 Å². The third-order valence-electron chi connectivity index (χ3n) is 4.33. The van der Waals surface area contributed by atoms with Crippen LogP contribution < -0.4 is 11.1 Å². The van der Waals surface area contributed by atoms with Crippen molar-refractivity contribution in [2.24, 2.45) is 11.1 Å². The Kier molecular flexibility index (Phi) is 5.15. The molecule has 1 aliphatic rings. The van der Waals surface area contributed by atoms with E-state index in [4.69, 9.17) is 5.73 Å². The summed E-state index contributed by atoms with van der Waals surface area (Å²) < 4.78 is 0. The molecule has 0 spiro atoms. The Morgan fingerprint density at radius 2 is 1.90 bits per heavy atom. The molecule has 4 nitrogen and oxygen atoms in total. The minimum Gasteiger partial charge on any atom is -0.396 e. The fourth-order valence-electron chi connectivity index (χ4n) is 2.89. The standard InChI is InChI=1S/C16H24N2O2/c17-14(13-7-3-1-4-8-13)15(20)18-11-16(12-19)9-5-2-6-10-16/h1,3-4,7-8,14,19H,2,5-6,9-12,17H2,(H,18,20)/t14-/m0/s1. The predicted molar refractivity (Wildman–Crippen MR) is 79.0 cm³/mol. The fourth-order valence-corrected chi connectivity index (χ4v) is 2.89. The molecule has 1 amide bonds. The van der Waals surface area contributed by atoms with Crippen molar-refractivity contribution >= 4 is 5.91 Å². The number of amides is 1. The van der Waals surface area contributed by atoms with Crippen LogP contribution in [0, 0.1) is 5.41 Å². The van der Waals surface area contributed by atoms with Gasteiger partial charge < -0.3 is 16.2 Å². The number of nitrogens with one attached hydrogen (secondary N) is 1. The molecule has 1 fully saturated rings. The van der Waals surface area contributed by atoms with Crippen LogP contribution in [-0.2, 0) is 4.79 Å². The molecular formula is C16H24N2O2. The van der Waals surface area contributed by atoms with E-state index in [9.17, 15) is 9.90 Å². The smallest absolute Gasteiger partial charge is 0.241 e. The van der Waals surface area contributed by atoms with E-state index < -0.39 is 6.04 Å². The number of benzene rings is 1. The van der Waals surface area contributed by atoms with E-state index in [1.807, 2.05) is 30.3 Å². The summed E-state index contributed by atoms with van der Waals surface area (Å²) in [6.45, 7) is 0.650. The summed E-state index contributed by atoms with van der Waals surface area (Å²) in [7, 11) is 0. The monoisotopic (exact) mass is 276 g/mol. The number of hydrogen-bond donors (Lipinski definition) is 3. The highest BCUT2D eigenvalue weighted by atomic mass is 16.3. The van der Waals surface area contributed by atoms with Crippen LogP contribution in [0.25, 0.3) is 0 Å². The molecule has 20 heavy (non-hydrogen) atoms. The first-order valence-electron chi connectivity index (χ1n) is 7.36. The summed E-state index contributed by atoms with van der Waals surface area (Å²) in [4.78, 5) is 12.1. The molecule has 110 valence electrons. The maximum absolute atomic E-state index is 12.1. The molecule has 1 aromatic rings. The van der Waals surface area contributed by atoms with Crippen molar-refractivity contribution in [1.82, 2.24) is 5.32 Å². The molecule has 0 aliphatic heterocycles. The maximum atomic E-state index is 12.1. The van der Waals surface area contributed by atoms with Crippen molar-refractivity contribution in [1.29, 1.82) is 0 Å². The van der Waals surface area contributed by atoms with Crippen LogP contribution in [0.2, 0.25) is 0 Å². The molecule has 1 saturated carbocycles. The van der Waals surface area contributed by atoms with Gasteiger partial charge >= 0.3 is 0 Å². The average Bonchev–Trinajstić information content (AvgIpc) is 2.53. The lowest BCUT2D eigenvalue weighted by Gasteiger charge is -2.35. The Morgan fingerprint density at radius 3 is 2.50 bits per heavy atom. The van der Waals surface area contributed by atoms with Gasteiger partial charge in [-0.3, -0.25) is 4.79 Å². The van der Waals surface area contributed by atoms with Gasteiger partial charge in [0.2, 0.25) is 5.91 Å². The fraction of sp³-hybridized carbons (Fsp3) is 0.562. The third-order valence-corrected chi connectivity index (χ3v) is 4.33. The number of rotatable bonds is 5. The molecule has 4 N–H and O–H groups in total. The van der Waals surface area contributed by atoms with Crippen molar-refractivity contribution in [3.63, 3.8) is 0 Å². The second-order valence-corrected chi connectivity index (χ2v) is 5.82. The second-order valence-electron chi connectivity index (χ2n) is 5.82. The summed E-state index contributed by atoms with van der Waals surface area (Å²) in [5.74, 6) is -0.172. The summed E-state index contributed by atoms with van der Waals surface area (Å²) >= 11 is 0.